The summed E-state index contributed by atoms with van der Waals surface area (Å²) in [7, 11) is 0. The van der Waals surface area contributed by atoms with Gasteiger partial charge in [-0.25, -0.2) is 4.39 Å². The number of hydrogen-bond acceptors (Lipinski definition) is 1. The van der Waals surface area contributed by atoms with Gasteiger partial charge in [0.15, 0.2) is 0 Å². The van der Waals surface area contributed by atoms with Gasteiger partial charge in [-0.05, 0) is 74.2 Å². The molecule has 0 unspecified atom stereocenters. The van der Waals surface area contributed by atoms with Gasteiger partial charge >= 0.3 is 0 Å². The molecule has 0 amide bonds. The Kier molecular flexibility index (Phi) is 5.06. The highest BCUT2D eigenvalue weighted by Crippen LogP contribution is 2.29. The molecule has 1 heterocycles. The van der Waals surface area contributed by atoms with E-state index in [2.05, 4.69) is 70.2 Å². The van der Waals surface area contributed by atoms with Crippen LogP contribution < -0.4 is 0 Å². The van der Waals surface area contributed by atoms with Crippen LogP contribution in [0.1, 0.15) is 27.8 Å². The third kappa shape index (κ3) is 3.86. The molecule has 1 aromatic heterocycles. The molecule has 0 saturated carbocycles. The van der Waals surface area contributed by atoms with Crippen LogP contribution in [0.25, 0.3) is 22.5 Å². The van der Waals surface area contributed by atoms with Crippen molar-refractivity contribution in [2.45, 2.75) is 34.2 Å². The van der Waals surface area contributed by atoms with E-state index < -0.39 is 0 Å². The molecule has 3 aromatic carbocycles. The molecule has 0 saturated heterocycles. The first-order chi connectivity index (χ1) is 13.9. The van der Waals surface area contributed by atoms with Crippen molar-refractivity contribution < 1.29 is 4.39 Å². The fraction of sp³-hybridized carbons (Fsp3) is 0.192. The van der Waals surface area contributed by atoms with Crippen LogP contribution in [-0.2, 0) is 6.54 Å². The Labute approximate surface area is 171 Å². The summed E-state index contributed by atoms with van der Waals surface area (Å²) in [5, 5.41) is 4.87. The molecular weight excluding hydrogens is 359 g/mol. The topological polar surface area (TPSA) is 17.8 Å². The average Bonchev–Trinajstić information content (AvgIpc) is 3.12. The number of nitrogens with zero attached hydrogens (tertiary/aromatic N) is 2. The summed E-state index contributed by atoms with van der Waals surface area (Å²) in [4.78, 5) is 0. The van der Waals surface area contributed by atoms with Gasteiger partial charge in [-0.1, -0.05) is 42.5 Å². The van der Waals surface area contributed by atoms with Crippen molar-refractivity contribution in [3.05, 3.63) is 100 Å². The van der Waals surface area contributed by atoms with Gasteiger partial charge in [0.2, 0.25) is 0 Å². The molecule has 0 N–H and O–H groups in total. The summed E-state index contributed by atoms with van der Waals surface area (Å²) in [6, 6.07) is 21.8. The summed E-state index contributed by atoms with van der Waals surface area (Å²) < 4.78 is 16.2. The van der Waals surface area contributed by atoms with Crippen LogP contribution in [0.3, 0.4) is 0 Å². The van der Waals surface area contributed by atoms with Crippen LogP contribution in [-0.4, -0.2) is 9.78 Å². The molecule has 0 radical (unpaired) electrons. The second-order valence-electron chi connectivity index (χ2n) is 7.76. The van der Waals surface area contributed by atoms with Crippen LogP contribution in [0.4, 0.5) is 4.39 Å². The third-order valence-corrected chi connectivity index (χ3v) is 5.66. The number of hydrogen-bond donors (Lipinski definition) is 0. The lowest BCUT2D eigenvalue weighted by Crippen LogP contribution is -2.06. The lowest BCUT2D eigenvalue weighted by atomic mass is 10.0. The summed E-state index contributed by atoms with van der Waals surface area (Å²) >= 11 is 0. The van der Waals surface area contributed by atoms with Crippen molar-refractivity contribution in [1.82, 2.24) is 9.78 Å². The van der Waals surface area contributed by atoms with Gasteiger partial charge in [-0.15, -0.1) is 0 Å². The summed E-state index contributed by atoms with van der Waals surface area (Å²) in [5.41, 5.74) is 9.66. The smallest absolute Gasteiger partial charge is 0.128 e. The molecule has 0 fully saturated rings. The Bertz CT molecular complexity index is 1190. The molecule has 29 heavy (non-hydrogen) atoms. The molecule has 2 nitrogen and oxygen atoms in total. The Morgan fingerprint density at radius 1 is 0.724 bits per heavy atom. The molecule has 4 rings (SSSR count). The maximum atomic E-state index is 14.3. The van der Waals surface area contributed by atoms with E-state index in [1.807, 2.05) is 16.8 Å². The van der Waals surface area contributed by atoms with E-state index in [1.165, 1.54) is 28.3 Å². The van der Waals surface area contributed by atoms with Crippen molar-refractivity contribution in [2.75, 3.05) is 0 Å². The molecular formula is C26H25FN2. The van der Waals surface area contributed by atoms with Crippen molar-refractivity contribution in [2.24, 2.45) is 0 Å². The second-order valence-corrected chi connectivity index (χ2v) is 7.76. The summed E-state index contributed by atoms with van der Waals surface area (Å²) in [6.07, 6.45) is 0. The van der Waals surface area contributed by atoms with E-state index in [0.29, 0.717) is 12.1 Å². The largest absolute Gasteiger partial charge is 0.260 e. The molecule has 3 heteroatoms. The van der Waals surface area contributed by atoms with E-state index in [1.54, 1.807) is 6.07 Å². The van der Waals surface area contributed by atoms with Gasteiger partial charge in [0, 0.05) is 16.7 Å². The molecule has 0 aliphatic rings. The van der Waals surface area contributed by atoms with Gasteiger partial charge in [-0.2, -0.15) is 5.10 Å². The monoisotopic (exact) mass is 384 g/mol. The number of aromatic nitrogens is 2. The molecule has 146 valence electrons. The lowest BCUT2D eigenvalue weighted by Gasteiger charge is -2.10. The predicted molar refractivity (Wildman–Crippen MR) is 118 cm³/mol. The first-order valence-corrected chi connectivity index (χ1v) is 9.89. The van der Waals surface area contributed by atoms with Crippen molar-refractivity contribution in [1.29, 1.82) is 0 Å². The van der Waals surface area contributed by atoms with Crippen LogP contribution in [0.15, 0.2) is 66.7 Å². The molecule has 0 atom stereocenters. The summed E-state index contributed by atoms with van der Waals surface area (Å²) in [5.74, 6) is -0.207. The number of rotatable bonds is 4. The van der Waals surface area contributed by atoms with Gasteiger partial charge in [-0.3, -0.25) is 4.68 Å². The fourth-order valence-electron chi connectivity index (χ4n) is 3.50. The third-order valence-electron chi connectivity index (χ3n) is 5.66. The van der Waals surface area contributed by atoms with Crippen LogP contribution >= 0.6 is 0 Å². The van der Waals surface area contributed by atoms with E-state index in [9.17, 15) is 4.39 Å². The first-order valence-electron chi connectivity index (χ1n) is 9.89. The van der Waals surface area contributed by atoms with E-state index in [-0.39, 0.29) is 5.82 Å². The van der Waals surface area contributed by atoms with Crippen molar-refractivity contribution in [3.63, 3.8) is 0 Å². The molecule has 0 aliphatic heterocycles. The van der Waals surface area contributed by atoms with Gasteiger partial charge < -0.3 is 0 Å². The van der Waals surface area contributed by atoms with Crippen LogP contribution in [0, 0.1) is 33.5 Å². The van der Waals surface area contributed by atoms with Gasteiger partial charge in [0.05, 0.1) is 17.9 Å². The van der Waals surface area contributed by atoms with E-state index in [4.69, 9.17) is 5.10 Å². The number of benzene rings is 3. The predicted octanol–water partition coefficient (Wildman–Crippen LogP) is 6.64. The molecule has 0 aliphatic carbocycles. The van der Waals surface area contributed by atoms with Crippen LogP contribution in [0.5, 0.6) is 0 Å². The maximum absolute atomic E-state index is 14.3. The van der Waals surface area contributed by atoms with Gasteiger partial charge in [0.25, 0.3) is 0 Å². The van der Waals surface area contributed by atoms with Crippen LogP contribution in [0.2, 0.25) is 0 Å². The average molecular weight is 384 g/mol. The standard InChI is InChI=1S/C26H25FN2/c1-17-9-11-21(13-19(17)3)25-15-26(22-12-10-18(2)20(4)14-22)29(28-25)16-23-7-5-6-8-24(23)27/h5-15H,16H2,1-4H3. The van der Waals surface area contributed by atoms with Gasteiger partial charge in [0.1, 0.15) is 5.82 Å². The molecule has 4 aromatic rings. The Hall–Kier alpha value is -3.20. The zero-order chi connectivity index (χ0) is 20.5. The highest BCUT2D eigenvalue weighted by atomic mass is 19.1. The van der Waals surface area contributed by atoms with E-state index in [0.717, 1.165) is 22.5 Å². The Balaban J connectivity index is 1.84. The molecule has 0 bridgehead atoms. The number of aryl methyl sites for hydroxylation is 4. The van der Waals surface area contributed by atoms with Crippen molar-refractivity contribution >= 4 is 0 Å². The number of halogens is 1. The Morgan fingerprint density at radius 3 is 2.00 bits per heavy atom. The normalized spacial score (nSPS) is 11.1. The lowest BCUT2D eigenvalue weighted by molar-refractivity contribution is 0.587. The SMILES string of the molecule is Cc1ccc(-c2cc(-c3ccc(C)c(C)c3)n(Cc3ccccc3F)n2)cc1C. The summed E-state index contributed by atoms with van der Waals surface area (Å²) in [6.45, 7) is 8.83. The Morgan fingerprint density at radius 2 is 1.34 bits per heavy atom. The minimum absolute atomic E-state index is 0.207. The zero-order valence-electron chi connectivity index (χ0n) is 17.3. The van der Waals surface area contributed by atoms with E-state index >= 15 is 0 Å². The van der Waals surface area contributed by atoms with Crippen molar-refractivity contribution in [3.8, 4) is 22.5 Å². The zero-order valence-corrected chi connectivity index (χ0v) is 17.3. The highest BCUT2D eigenvalue weighted by Gasteiger charge is 2.14. The first kappa shape index (κ1) is 19.1. The molecule has 0 spiro atoms. The minimum atomic E-state index is -0.207. The quantitative estimate of drug-likeness (QED) is 0.386. The fourth-order valence-corrected chi connectivity index (χ4v) is 3.50. The maximum Gasteiger partial charge on any atom is 0.128 e. The minimum Gasteiger partial charge on any atom is -0.260 e. The second kappa shape index (κ2) is 7.67. The highest BCUT2D eigenvalue weighted by molar-refractivity contribution is 5.70.